The van der Waals surface area contributed by atoms with Crippen molar-refractivity contribution in [3.63, 3.8) is 0 Å². The van der Waals surface area contributed by atoms with E-state index >= 15 is 0 Å². The van der Waals surface area contributed by atoms with Crippen LogP contribution in [0.15, 0.2) is 24.8 Å². The maximum atomic E-state index is 12.1. The van der Waals surface area contributed by atoms with Gasteiger partial charge >= 0.3 is 12.1 Å². The van der Waals surface area contributed by atoms with Crippen molar-refractivity contribution in [3.8, 4) is 11.8 Å². The standard InChI is InChI=1S/C23H30N2O5/c1-17(28-5)19-14-18(15-20(16-19)21(26)29-6)8-7-9-24-10-12-25(13-11-24)22(27)30-23(2,3)4/h14-16H,1,9-13H2,2-6H3. The average Bonchev–Trinajstić information content (AvgIpc) is 2.71. The third kappa shape index (κ3) is 6.82. The number of rotatable bonds is 4. The van der Waals surface area contributed by atoms with Gasteiger partial charge in [0, 0.05) is 37.3 Å². The zero-order valence-electron chi connectivity index (χ0n) is 18.4. The summed E-state index contributed by atoms with van der Waals surface area (Å²) in [5.74, 6) is 6.24. The minimum absolute atomic E-state index is 0.279. The predicted molar refractivity (Wildman–Crippen MR) is 115 cm³/mol. The fraction of sp³-hybridized carbons (Fsp3) is 0.478. The molecule has 7 nitrogen and oxygen atoms in total. The van der Waals surface area contributed by atoms with Gasteiger partial charge in [-0.3, -0.25) is 4.90 Å². The number of benzene rings is 1. The number of carbonyl (C=O) groups is 2. The van der Waals surface area contributed by atoms with Crippen LogP contribution < -0.4 is 0 Å². The Kier molecular flexibility index (Phi) is 7.90. The highest BCUT2D eigenvalue weighted by Gasteiger charge is 2.25. The molecule has 0 aromatic heterocycles. The number of hydrogen-bond acceptors (Lipinski definition) is 6. The Bertz CT molecular complexity index is 818. The van der Waals surface area contributed by atoms with Crippen LogP contribution in [0.4, 0.5) is 4.79 Å². The molecule has 162 valence electrons. The van der Waals surface area contributed by atoms with Gasteiger partial charge in [0.25, 0.3) is 0 Å². The lowest BCUT2D eigenvalue weighted by Gasteiger charge is -2.34. The molecule has 1 aliphatic rings. The van der Waals surface area contributed by atoms with Crippen LogP contribution in [-0.2, 0) is 14.2 Å². The van der Waals surface area contributed by atoms with Crippen molar-refractivity contribution in [1.82, 2.24) is 9.80 Å². The highest BCUT2D eigenvalue weighted by atomic mass is 16.6. The molecule has 1 saturated heterocycles. The van der Waals surface area contributed by atoms with E-state index in [4.69, 9.17) is 14.2 Å². The number of methoxy groups -OCH3 is 2. The Hall–Kier alpha value is -2.98. The van der Waals surface area contributed by atoms with E-state index in [0.29, 0.717) is 42.1 Å². The van der Waals surface area contributed by atoms with Crippen molar-refractivity contribution in [2.75, 3.05) is 46.9 Å². The van der Waals surface area contributed by atoms with Crippen molar-refractivity contribution in [2.24, 2.45) is 0 Å². The molecule has 0 unspecified atom stereocenters. The summed E-state index contributed by atoms with van der Waals surface area (Å²) in [6, 6.07) is 5.18. The largest absolute Gasteiger partial charge is 0.497 e. The van der Waals surface area contributed by atoms with E-state index in [1.807, 2.05) is 26.8 Å². The van der Waals surface area contributed by atoms with E-state index in [2.05, 4.69) is 23.3 Å². The molecule has 0 bridgehead atoms. The van der Waals surface area contributed by atoms with Crippen molar-refractivity contribution in [2.45, 2.75) is 26.4 Å². The Morgan fingerprint density at radius 1 is 1.03 bits per heavy atom. The molecule has 2 rings (SSSR count). The fourth-order valence-electron chi connectivity index (χ4n) is 2.88. The minimum Gasteiger partial charge on any atom is -0.497 e. The molecule has 1 heterocycles. The number of hydrogen-bond donors (Lipinski definition) is 0. The van der Waals surface area contributed by atoms with Crippen LogP contribution in [0.2, 0.25) is 0 Å². The summed E-state index contributed by atoms with van der Waals surface area (Å²) >= 11 is 0. The summed E-state index contributed by atoms with van der Waals surface area (Å²) in [6.07, 6.45) is -0.279. The van der Waals surface area contributed by atoms with Gasteiger partial charge in [0.1, 0.15) is 11.4 Å². The lowest BCUT2D eigenvalue weighted by molar-refractivity contribution is 0.0155. The molecular weight excluding hydrogens is 384 g/mol. The van der Waals surface area contributed by atoms with Gasteiger partial charge in [0.15, 0.2) is 0 Å². The number of carbonyl (C=O) groups excluding carboxylic acids is 2. The summed E-state index contributed by atoms with van der Waals surface area (Å²) in [5, 5.41) is 0. The Morgan fingerprint density at radius 2 is 1.67 bits per heavy atom. The van der Waals surface area contributed by atoms with Crippen molar-refractivity contribution < 1.29 is 23.8 Å². The van der Waals surface area contributed by atoms with E-state index in [1.165, 1.54) is 14.2 Å². The fourth-order valence-corrected chi connectivity index (χ4v) is 2.88. The molecule has 1 aromatic rings. The van der Waals surface area contributed by atoms with Gasteiger partial charge < -0.3 is 19.1 Å². The van der Waals surface area contributed by atoms with Crippen LogP contribution in [0, 0.1) is 11.8 Å². The summed E-state index contributed by atoms with van der Waals surface area (Å²) in [4.78, 5) is 28.0. The summed E-state index contributed by atoms with van der Waals surface area (Å²) in [5.41, 5.74) is 1.25. The molecule has 0 saturated carbocycles. The molecule has 30 heavy (non-hydrogen) atoms. The third-order valence-electron chi connectivity index (χ3n) is 4.48. The van der Waals surface area contributed by atoms with Crippen LogP contribution in [-0.4, -0.2) is 74.4 Å². The first-order valence-electron chi connectivity index (χ1n) is 9.79. The predicted octanol–water partition coefficient (Wildman–Crippen LogP) is 2.99. The van der Waals surface area contributed by atoms with E-state index in [9.17, 15) is 9.59 Å². The van der Waals surface area contributed by atoms with Crippen LogP contribution in [0.3, 0.4) is 0 Å². The quantitative estimate of drug-likeness (QED) is 0.429. The molecule has 1 aromatic carbocycles. The lowest BCUT2D eigenvalue weighted by atomic mass is 10.0. The van der Waals surface area contributed by atoms with Crippen molar-refractivity contribution >= 4 is 17.8 Å². The number of amides is 1. The molecule has 7 heteroatoms. The number of nitrogens with zero attached hydrogens (tertiary/aromatic N) is 2. The number of ether oxygens (including phenoxy) is 3. The topological polar surface area (TPSA) is 68.3 Å². The molecule has 0 atom stereocenters. The molecule has 0 radical (unpaired) electrons. The minimum atomic E-state index is -0.495. The smallest absolute Gasteiger partial charge is 0.410 e. The first-order chi connectivity index (χ1) is 14.1. The van der Waals surface area contributed by atoms with E-state index in [1.54, 1.807) is 17.0 Å². The van der Waals surface area contributed by atoms with Gasteiger partial charge in [0.05, 0.1) is 26.3 Å². The monoisotopic (exact) mass is 414 g/mol. The maximum absolute atomic E-state index is 12.1. The summed E-state index contributed by atoms with van der Waals surface area (Å²) in [7, 11) is 2.86. The van der Waals surface area contributed by atoms with Crippen LogP contribution in [0.25, 0.3) is 5.76 Å². The highest BCUT2D eigenvalue weighted by molar-refractivity contribution is 5.90. The van der Waals surface area contributed by atoms with Gasteiger partial charge in [-0.05, 0) is 39.0 Å². The second-order valence-electron chi connectivity index (χ2n) is 7.96. The number of esters is 1. The molecule has 0 spiro atoms. The van der Waals surface area contributed by atoms with Crippen molar-refractivity contribution in [1.29, 1.82) is 0 Å². The Labute approximate surface area is 178 Å². The van der Waals surface area contributed by atoms with Gasteiger partial charge in [0.2, 0.25) is 0 Å². The summed E-state index contributed by atoms with van der Waals surface area (Å²) in [6.45, 7) is 12.6. The molecular formula is C23H30N2O5. The normalized spacial score (nSPS) is 14.4. The first-order valence-corrected chi connectivity index (χ1v) is 9.79. The second kappa shape index (κ2) is 10.2. The Morgan fingerprint density at radius 3 is 2.23 bits per heavy atom. The highest BCUT2D eigenvalue weighted by Crippen LogP contribution is 2.18. The van der Waals surface area contributed by atoms with E-state index in [-0.39, 0.29) is 6.09 Å². The van der Waals surface area contributed by atoms with Crippen LogP contribution in [0.5, 0.6) is 0 Å². The first kappa shape index (κ1) is 23.3. The second-order valence-corrected chi connectivity index (χ2v) is 7.96. The van der Waals surface area contributed by atoms with Crippen molar-refractivity contribution in [3.05, 3.63) is 41.5 Å². The van der Waals surface area contributed by atoms with Gasteiger partial charge in [-0.1, -0.05) is 18.4 Å². The summed E-state index contributed by atoms with van der Waals surface area (Å²) < 4.78 is 15.4. The zero-order valence-corrected chi connectivity index (χ0v) is 18.4. The third-order valence-corrected chi connectivity index (χ3v) is 4.48. The molecule has 1 amide bonds. The van der Waals surface area contributed by atoms with E-state index in [0.717, 1.165) is 13.1 Å². The zero-order chi connectivity index (χ0) is 22.3. The van der Waals surface area contributed by atoms with Crippen LogP contribution in [0.1, 0.15) is 42.3 Å². The lowest BCUT2D eigenvalue weighted by Crippen LogP contribution is -2.50. The molecule has 0 aliphatic carbocycles. The molecule has 0 N–H and O–H groups in total. The SMILES string of the molecule is C=C(OC)c1cc(C#CCN2CCN(C(=O)OC(C)(C)C)CC2)cc(C(=O)OC)c1. The maximum Gasteiger partial charge on any atom is 0.410 e. The van der Waals surface area contributed by atoms with Gasteiger partial charge in [-0.15, -0.1) is 0 Å². The number of piperazine rings is 1. The van der Waals surface area contributed by atoms with Gasteiger partial charge in [-0.2, -0.15) is 0 Å². The Balaban J connectivity index is 2.00. The van der Waals surface area contributed by atoms with Crippen LogP contribution >= 0.6 is 0 Å². The van der Waals surface area contributed by atoms with Gasteiger partial charge in [-0.25, -0.2) is 9.59 Å². The average molecular weight is 415 g/mol. The molecule has 1 fully saturated rings. The molecule has 1 aliphatic heterocycles. The van der Waals surface area contributed by atoms with E-state index < -0.39 is 11.6 Å².